The summed E-state index contributed by atoms with van der Waals surface area (Å²) in [7, 11) is 1.59. The molecule has 130 valence electrons. The first kappa shape index (κ1) is 15.9. The van der Waals surface area contributed by atoms with Crippen LogP contribution >= 0.6 is 0 Å². The second-order valence-corrected chi connectivity index (χ2v) is 6.47. The third-order valence-corrected chi connectivity index (χ3v) is 4.82. The maximum Gasteiger partial charge on any atom is 0.260 e. The topological polar surface area (TPSA) is 71.9 Å². The number of anilines is 1. The van der Waals surface area contributed by atoms with Crippen molar-refractivity contribution >= 4 is 11.6 Å². The molecule has 0 radical (unpaired) electrons. The van der Waals surface area contributed by atoms with Crippen molar-refractivity contribution in [2.75, 3.05) is 12.0 Å². The predicted octanol–water partition coefficient (Wildman–Crippen LogP) is 2.54. The van der Waals surface area contributed by atoms with Gasteiger partial charge in [-0.3, -0.25) is 9.78 Å². The first-order chi connectivity index (χ1) is 12.2. The van der Waals surface area contributed by atoms with Gasteiger partial charge in [-0.15, -0.1) is 0 Å². The summed E-state index contributed by atoms with van der Waals surface area (Å²) in [5.74, 6) is 1.16. The molecule has 2 aromatic rings. The summed E-state index contributed by atoms with van der Waals surface area (Å²) in [6.07, 6.45) is 5.15. The molecule has 0 saturated heterocycles. The van der Waals surface area contributed by atoms with Crippen LogP contribution < -0.4 is 14.4 Å². The fraction of sp³-hybridized carbons (Fsp3) is 0.368. The van der Waals surface area contributed by atoms with Crippen molar-refractivity contribution in [3.63, 3.8) is 0 Å². The number of rotatable bonds is 4. The zero-order valence-electron chi connectivity index (χ0n) is 14.0. The molecule has 2 unspecified atom stereocenters. The number of nitrogens with zero attached hydrogens (tertiary/aromatic N) is 2. The lowest BCUT2D eigenvalue weighted by Crippen LogP contribution is -2.23. The number of methoxy groups -OCH3 is 1. The van der Waals surface area contributed by atoms with Gasteiger partial charge in [0.25, 0.3) is 5.91 Å². The minimum atomic E-state index is -0.304. The van der Waals surface area contributed by atoms with Crippen molar-refractivity contribution in [2.24, 2.45) is 0 Å². The minimum Gasteiger partial charge on any atom is -0.493 e. The Bertz CT molecular complexity index is 808. The van der Waals surface area contributed by atoms with Crippen molar-refractivity contribution in [1.29, 1.82) is 0 Å². The van der Waals surface area contributed by atoms with Crippen molar-refractivity contribution < 1.29 is 19.4 Å². The molecule has 1 fully saturated rings. The Kier molecular flexibility index (Phi) is 4.05. The highest BCUT2D eigenvalue weighted by Crippen LogP contribution is 2.37. The van der Waals surface area contributed by atoms with Crippen LogP contribution in [0.5, 0.6) is 11.5 Å². The third kappa shape index (κ3) is 2.93. The van der Waals surface area contributed by atoms with E-state index in [0.29, 0.717) is 30.0 Å². The molecule has 6 heteroatoms. The van der Waals surface area contributed by atoms with Crippen LogP contribution in [0.1, 0.15) is 35.2 Å². The number of hydrogen-bond acceptors (Lipinski definition) is 5. The van der Waals surface area contributed by atoms with Gasteiger partial charge in [0.05, 0.1) is 25.3 Å². The molecular weight excluding hydrogens is 320 g/mol. The minimum absolute atomic E-state index is 0.0326. The second kappa shape index (κ2) is 6.37. The van der Waals surface area contributed by atoms with Crippen molar-refractivity contribution in [3.05, 3.63) is 47.8 Å². The number of aliphatic hydroxyl groups excluding tert-OH is 1. The van der Waals surface area contributed by atoms with E-state index in [1.807, 2.05) is 24.3 Å². The average Bonchev–Trinajstić information content (AvgIpc) is 3.18. The van der Waals surface area contributed by atoms with Gasteiger partial charge in [0.2, 0.25) is 0 Å². The van der Waals surface area contributed by atoms with Gasteiger partial charge >= 0.3 is 0 Å². The lowest BCUT2D eigenvalue weighted by Gasteiger charge is -2.20. The summed E-state index contributed by atoms with van der Waals surface area (Å²) in [5.41, 5.74) is 2.37. The number of carbonyl (C=O) groups is 1. The number of ether oxygens (including phenoxy) is 2. The van der Waals surface area contributed by atoms with E-state index in [-0.39, 0.29) is 18.1 Å². The summed E-state index contributed by atoms with van der Waals surface area (Å²) in [6, 6.07) is 7.37. The quantitative estimate of drug-likeness (QED) is 0.926. The Morgan fingerprint density at radius 1 is 1.24 bits per heavy atom. The van der Waals surface area contributed by atoms with Crippen LogP contribution in [-0.4, -0.2) is 35.3 Å². The standard InChI is InChI=1S/C19H20N2O4/c1-24-17-5-2-13(8-18(17)25-15-4-3-14(22)9-15)21-11-12-6-7-20-10-16(12)19(21)23/h2,5-8,10,14-15,22H,3-4,9,11H2,1H3. The van der Waals surface area contributed by atoms with E-state index < -0.39 is 0 Å². The monoisotopic (exact) mass is 340 g/mol. The van der Waals surface area contributed by atoms with Crippen molar-refractivity contribution in [1.82, 2.24) is 4.98 Å². The van der Waals surface area contributed by atoms with Gasteiger partial charge in [-0.2, -0.15) is 0 Å². The highest BCUT2D eigenvalue weighted by Gasteiger charge is 2.30. The molecular formula is C19H20N2O4. The van der Waals surface area contributed by atoms with Gasteiger partial charge in [-0.25, -0.2) is 0 Å². The number of benzene rings is 1. The molecule has 0 bridgehead atoms. The number of amides is 1. The molecule has 25 heavy (non-hydrogen) atoms. The molecule has 2 atom stereocenters. The van der Waals surface area contributed by atoms with Gasteiger partial charge in [0.15, 0.2) is 11.5 Å². The van der Waals surface area contributed by atoms with Crippen LogP contribution in [0.25, 0.3) is 0 Å². The normalized spacial score (nSPS) is 22.2. The van der Waals surface area contributed by atoms with Gasteiger partial charge in [-0.1, -0.05) is 0 Å². The molecule has 1 amide bonds. The molecule has 1 saturated carbocycles. The third-order valence-electron chi connectivity index (χ3n) is 4.82. The van der Waals surface area contributed by atoms with Crippen molar-refractivity contribution in [2.45, 2.75) is 38.0 Å². The fourth-order valence-corrected chi connectivity index (χ4v) is 3.48. The Morgan fingerprint density at radius 2 is 2.12 bits per heavy atom. The van der Waals surface area contributed by atoms with Crippen LogP contribution in [0.4, 0.5) is 5.69 Å². The van der Waals surface area contributed by atoms with Crippen LogP contribution in [-0.2, 0) is 6.54 Å². The number of fused-ring (bicyclic) bond motifs is 1. The number of hydrogen-bond donors (Lipinski definition) is 1. The van der Waals surface area contributed by atoms with E-state index in [0.717, 1.165) is 24.1 Å². The Labute approximate surface area is 146 Å². The smallest absolute Gasteiger partial charge is 0.260 e. The Hall–Kier alpha value is -2.60. The van der Waals surface area contributed by atoms with Crippen LogP contribution in [0.3, 0.4) is 0 Å². The van der Waals surface area contributed by atoms with Crippen LogP contribution in [0, 0.1) is 0 Å². The molecule has 2 heterocycles. The van der Waals surface area contributed by atoms with E-state index in [2.05, 4.69) is 4.98 Å². The summed E-state index contributed by atoms with van der Waals surface area (Å²) in [5, 5.41) is 9.70. The van der Waals surface area contributed by atoms with E-state index in [4.69, 9.17) is 9.47 Å². The number of carbonyl (C=O) groups excluding carboxylic acids is 1. The van der Waals surface area contributed by atoms with E-state index in [1.165, 1.54) is 0 Å². The highest BCUT2D eigenvalue weighted by molar-refractivity contribution is 6.09. The Morgan fingerprint density at radius 3 is 2.84 bits per heavy atom. The molecule has 1 aliphatic carbocycles. The first-order valence-corrected chi connectivity index (χ1v) is 8.43. The lowest BCUT2D eigenvalue weighted by atomic mass is 10.2. The molecule has 2 aliphatic rings. The second-order valence-electron chi connectivity index (χ2n) is 6.47. The fourth-order valence-electron chi connectivity index (χ4n) is 3.48. The van der Waals surface area contributed by atoms with Crippen molar-refractivity contribution in [3.8, 4) is 11.5 Å². The van der Waals surface area contributed by atoms with Crippen LogP contribution in [0.2, 0.25) is 0 Å². The first-order valence-electron chi connectivity index (χ1n) is 8.43. The summed E-state index contributed by atoms with van der Waals surface area (Å²) < 4.78 is 11.4. The van der Waals surface area contributed by atoms with Gasteiger partial charge in [0.1, 0.15) is 6.10 Å². The SMILES string of the molecule is COc1ccc(N2Cc3ccncc3C2=O)cc1OC1CCC(O)C1. The molecule has 1 aromatic carbocycles. The summed E-state index contributed by atoms with van der Waals surface area (Å²) in [6.45, 7) is 0.518. The lowest BCUT2D eigenvalue weighted by molar-refractivity contribution is 0.0996. The van der Waals surface area contributed by atoms with Gasteiger partial charge in [0, 0.05) is 30.6 Å². The zero-order chi connectivity index (χ0) is 17.4. The molecule has 4 rings (SSSR count). The molecule has 1 aromatic heterocycles. The molecule has 0 spiro atoms. The summed E-state index contributed by atoms with van der Waals surface area (Å²) >= 11 is 0. The summed E-state index contributed by atoms with van der Waals surface area (Å²) in [4.78, 5) is 18.4. The largest absolute Gasteiger partial charge is 0.493 e. The average molecular weight is 340 g/mol. The van der Waals surface area contributed by atoms with Gasteiger partial charge < -0.3 is 19.5 Å². The molecule has 6 nitrogen and oxygen atoms in total. The van der Waals surface area contributed by atoms with E-state index in [1.54, 1.807) is 24.4 Å². The maximum atomic E-state index is 12.6. The van der Waals surface area contributed by atoms with E-state index >= 15 is 0 Å². The van der Waals surface area contributed by atoms with Crippen LogP contribution in [0.15, 0.2) is 36.7 Å². The number of aromatic nitrogens is 1. The number of aliphatic hydroxyl groups is 1. The Balaban J connectivity index is 1.61. The van der Waals surface area contributed by atoms with E-state index in [9.17, 15) is 9.90 Å². The number of pyridine rings is 1. The van der Waals surface area contributed by atoms with Gasteiger partial charge in [-0.05, 0) is 36.6 Å². The zero-order valence-corrected chi connectivity index (χ0v) is 14.0. The highest BCUT2D eigenvalue weighted by atomic mass is 16.5. The predicted molar refractivity (Wildman–Crippen MR) is 92.0 cm³/mol. The molecule has 1 aliphatic heterocycles. The molecule has 1 N–H and O–H groups in total. The maximum absolute atomic E-state index is 12.6.